The van der Waals surface area contributed by atoms with Gasteiger partial charge in [-0.05, 0) is 12.1 Å². The Hall–Kier alpha value is -1.83. The molecule has 0 aliphatic carbocycles. The van der Waals surface area contributed by atoms with Gasteiger partial charge in [0.2, 0.25) is 5.75 Å². The van der Waals surface area contributed by atoms with Crippen molar-refractivity contribution < 1.29 is 14.2 Å². The molecule has 0 aliphatic rings. The number of aromatic nitrogens is 1. The predicted molar refractivity (Wildman–Crippen MR) is 87.7 cm³/mol. The fourth-order valence-electron chi connectivity index (χ4n) is 2.04. The van der Waals surface area contributed by atoms with Crippen molar-refractivity contribution in [3.8, 4) is 27.7 Å². The molecule has 1 aromatic carbocycles. The number of ether oxygens (including phenoxy) is 3. The highest BCUT2D eigenvalue weighted by Crippen LogP contribution is 2.45. The zero-order valence-corrected chi connectivity index (χ0v) is 14.3. The average molecular weight is 323 g/mol. The Morgan fingerprint density at radius 2 is 1.82 bits per heavy atom. The number of hydrazine groups is 1. The van der Waals surface area contributed by atoms with E-state index in [4.69, 9.17) is 14.2 Å². The molecule has 0 atom stereocenters. The molecular formula is C15H21N3O3S. The van der Waals surface area contributed by atoms with Crippen LogP contribution in [0.25, 0.3) is 10.4 Å². The Labute approximate surface area is 134 Å². The van der Waals surface area contributed by atoms with Crippen LogP contribution in [-0.2, 0) is 6.54 Å². The molecule has 120 valence electrons. The minimum absolute atomic E-state index is 0.587. The van der Waals surface area contributed by atoms with Gasteiger partial charge in [-0.2, -0.15) is 0 Å². The number of nitrogens with one attached hydrogen (secondary N) is 1. The number of rotatable bonds is 7. The second-order valence-corrected chi connectivity index (χ2v) is 5.84. The monoisotopic (exact) mass is 323 g/mol. The first kappa shape index (κ1) is 16.5. The molecule has 0 bridgehead atoms. The summed E-state index contributed by atoms with van der Waals surface area (Å²) in [5.74, 6) is 1.88. The quantitative estimate of drug-likeness (QED) is 0.790. The van der Waals surface area contributed by atoms with Gasteiger partial charge in [0.15, 0.2) is 11.5 Å². The minimum Gasteiger partial charge on any atom is -0.493 e. The van der Waals surface area contributed by atoms with Crippen LogP contribution in [0.2, 0.25) is 0 Å². The molecule has 0 saturated carbocycles. The van der Waals surface area contributed by atoms with Gasteiger partial charge in [-0.15, -0.1) is 11.3 Å². The highest BCUT2D eigenvalue weighted by atomic mass is 32.1. The normalized spacial score (nSPS) is 10.8. The third kappa shape index (κ3) is 3.49. The summed E-state index contributed by atoms with van der Waals surface area (Å²) in [6, 6.07) is 3.82. The molecule has 22 heavy (non-hydrogen) atoms. The molecule has 7 heteroatoms. The van der Waals surface area contributed by atoms with Crippen molar-refractivity contribution in [1.29, 1.82) is 0 Å². The molecule has 1 N–H and O–H groups in total. The molecule has 0 spiro atoms. The zero-order valence-electron chi connectivity index (χ0n) is 13.5. The fourth-order valence-corrected chi connectivity index (χ4v) is 2.91. The number of benzene rings is 1. The van der Waals surface area contributed by atoms with Crippen molar-refractivity contribution in [2.45, 2.75) is 6.54 Å². The SMILES string of the molecule is COc1ccc(-c2cnc(CNN(C)C)s2)c(OC)c1OC. The summed E-state index contributed by atoms with van der Waals surface area (Å²) in [5, 5.41) is 2.90. The standard InChI is InChI=1S/C15H21N3O3S/c1-18(2)17-9-13-16-8-12(22-13)10-6-7-11(19-3)15(21-5)14(10)20-4/h6-8,17H,9H2,1-5H3. The van der Waals surface area contributed by atoms with Crippen LogP contribution in [0.5, 0.6) is 17.2 Å². The van der Waals surface area contributed by atoms with Crippen LogP contribution in [-0.4, -0.2) is 45.4 Å². The lowest BCUT2D eigenvalue weighted by Gasteiger charge is -2.14. The zero-order chi connectivity index (χ0) is 16.1. The maximum Gasteiger partial charge on any atom is 0.203 e. The van der Waals surface area contributed by atoms with Gasteiger partial charge in [0.1, 0.15) is 5.01 Å². The Balaban J connectivity index is 2.36. The van der Waals surface area contributed by atoms with Gasteiger partial charge in [-0.3, -0.25) is 5.01 Å². The first-order valence-electron chi connectivity index (χ1n) is 6.75. The average Bonchev–Trinajstić information content (AvgIpc) is 2.99. The van der Waals surface area contributed by atoms with E-state index < -0.39 is 0 Å². The molecule has 0 saturated heterocycles. The third-order valence-electron chi connectivity index (χ3n) is 3.07. The smallest absolute Gasteiger partial charge is 0.203 e. The van der Waals surface area contributed by atoms with Gasteiger partial charge in [-0.25, -0.2) is 10.4 Å². The van der Waals surface area contributed by atoms with E-state index in [9.17, 15) is 0 Å². The van der Waals surface area contributed by atoms with Gasteiger partial charge in [-0.1, -0.05) is 0 Å². The summed E-state index contributed by atoms with van der Waals surface area (Å²) in [7, 11) is 8.73. The lowest BCUT2D eigenvalue weighted by atomic mass is 10.1. The molecule has 0 radical (unpaired) electrons. The van der Waals surface area contributed by atoms with Gasteiger partial charge in [0, 0.05) is 25.9 Å². The first-order chi connectivity index (χ1) is 10.6. The minimum atomic E-state index is 0.587. The van der Waals surface area contributed by atoms with Crippen molar-refractivity contribution in [1.82, 2.24) is 15.4 Å². The molecule has 0 amide bonds. The van der Waals surface area contributed by atoms with Gasteiger partial charge >= 0.3 is 0 Å². The van der Waals surface area contributed by atoms with Crippen molar-refractivity contribution in [3.63, 3.8) is 0 Å². The van der Waals surface area contributed by atoms with Gasteiger partial charge in [0.05, 0.1) is 32.8 Å². The molecule has 0 fully saturated rings. The van der Waals surface area contributed by atoms with Crippen LogP contribution in [0, 0.1) is 0 Å². The number of nitrogens with zero attached hydrogens (tertiary/aromatic N) is 2. The summed E-state index contributed by atoms with van der Waals surface area (Å²) in [6.07, 6.45) is 1.85. The summed E-state index contributed by atoms with van der Waals surface area (Å²) >= 11 is 1.61. The highest BCUT2D eigenvalue weighted by Gasteiger charge is 2.18. The van der Waals surface area contributed by atoms with Crippen LogP contribution in [0.1, 0.15) is 5.01 Å². The number of hydrogen-bond donors (Lipinski definition) is 1. The van der Waals surface area contributed by atoms with E-state index in [0.29, 0.717) is 23.8 Å². The van der Waals surface area contributed by atoms with Crippen LogP contribution in [0.4, 0.5) is 0 Å². The second-order valence-electron chi connectivity index (χ2n) is 4.73. The van der Waals surface area contributed by atoms with E-state index in [2.05, 4.69) is 10.4 Å². The number of methoxy groups -OCH3 is 3. The van der Waals surface area contributed by atoms with Crippen LogP contribution < -0.4 is 19.6 Å². The van der Waals surface area contributed by atoms with Crippen molar-refractivity contribution in [2.75, 3.05) is 35.4 Å². The fraction of sp³-hybridized carbons (Fsp3) is 0.400. The Morgan fingerprint density at radius 3 is 2.41 bits per heavy atom. The summed E-state index contributed by atoms with van der Waals surface area (Å²) < 4.78 is 16.3. The maximum atomic E-state index is 5.52. The molecule has 1 aromatic heterocycles. The summed E-state index contributed by atoms with van der Waals surface area (Å²) in [5.41, 5.74) is 4.14. The van der Waals surface area contributed by atoms with Crippen LogP contribution >= 0.6 is 11.3 Å². The van der Waals surface area contributed by atoms with E-state index >= 15 is 0 Å². The second kappa shape index (κ2) is 7.44. The van der Waals surface area contributed by atoms with Crippen LogP contribution in [0.3, 0.4) is 0 Å². The topological polar surface area (TPSA) is 55.9 Å². The van der Waals surface area contributed by atoms with E-state index in [-0.39, 0.29) is 0 Å². The summed E-state index contributed by atoms with van der Waals surface area (Å²) in [6.45, 7) is 0.688. The Bertz CT molecular complexity index is 628. The number of thiazole rings is 1. The molecule has 2 aromatic rings. The molecular weight excluding hydrogens is 302 g/mol. The molecule has 1 heterocycles. The van der Waals surface area contributed by atoms with Crippen molar-refractivity contribution >= 4 is 11.3 Å². The predicted octanol–water partition coefficient (Wildman–Crippen LogP) is 2.40. The lowest BCUT2D eigenvalue weighted by Crippen LogP contribution is -2.29. The number of hydrogen-bond acceptors (Lipinski definition) is 7. The molecule has 0 aliphatic heterocycles. The third-order valence-corrected chi connectivity index (χ3v) is 4.10. The molecule has 2 rings (SSSR count). The van der Waals surface area contributed by atoms with Gasteiger partial charge in [0.25, 0.3) is 0 Å². The van der Waals surface area contributed by atoms with Crippen molar-refractivity contribution in [2.24, 2.45) is 0 Å². The van der Waals surface area contributed by atoms with E-state index in [1.165, 1.54) is 0 Å². The Kier molecular flexibility index (Phi) is 5.59. The van der Waals surface area contributed by atoms with Gasteiger partial charge < -0.3 is 14.2 Å². The Morgan fingerprint density at radius 1 is 1.09 bits per heavy atom. The lowest BCUT2D eigenvalue weighted by molar-refractivity contribution is 0.286. The van der Waals surface area contributed by atoms with E-state index in [1.807, 2.05) is 37.4 Å². The highest BCUT2D eigenvalue weighted by molar-refractivity contribution is 7.15. The first-order valence-corrected chi connectivity index (χ1v) is 7.57. The van der Waals surface area contributed by atoms with Crippen LogP contribution in [0.15, 0.2) is 18.3 Å². The molecule has 6 nitrogen and oxygen atoms in total. The summed E-state index contributed by atoms with van der Waals surface area (Å²) in [4.78, 5) is 5.46. The van der Waals surface area contributed by atoms with E-state index in [0.717, 1.165) is 15.4 Å². The van der Waals surface area contributed by atoms with Crippen molar-refractivity contribution in [3.05, 3.63) is 23.3 Å². The largest absolute Gasteiger partial charge is 0.493 e. The van der Waals surface area contributed by atoms with E-state index in [1.54, 1.807) is 32.7 Å². The molecule has 0 unspecified atom stereocenters. The maximum absolute atomic E-state index is 5.52.